The minimum Gasteiger partial charge on any atom is -0.343 e. The molecule has 3 heterocycles. The molecule has 8 heteroatoms. The number of aromatic amines is 1. The molecule has 8 nitrogen and oxygen atoms in total. The van der Waals surface area contributed by atoms with Crippen molar-refractivity contribution in [2.45, 2.75) is 32.4 Å². The normalized spacial score (nSPS) is 15.6. The van der Waals surface area contributed by atoms with Gasteiger partial charge in [-0.1, -0.05) is 0 Å². The second kappa shape index (κ2) is 7.29. The summed E-state index contributed by atoms with van der Waals surface area (Å²) < 4.78 is 3.29. The van der Waals surface area contributed by atoms with Crippen LogP contribution < -0.4 is 11.2 Å². The summed E-state index contributed by atoms with van der Waals surface area (Å²) in [5, 5.41) is 4.22. The Bertz CT molecular complexity index is 785. The zero-order valence-corrected chi connectivity index (χ0v) is 13.4. The molecule has 1 amide bonds. The van der Waals surface area contributed by atoms with Gasteiger partial charge in [-0.2, -0.15) is 5.10 Å². The van der Waals surface area contributed by atoms with Crippen LogP contribution in [0, 0.1) is 5.92 Å². The van der Waals surface area contributed by atoms with Crippen molar-refractivity contribution in [1.82, 2.24) is 24.2 Å². The van der Waals surface area contributed by atoms with Crippen LogP contribution in [0.15, 0.2) is 40.3 Å². The number of rotatable bonds is 5. The smallest absolute Gasteiger partial charge is 0.328 e. The van der Waals surface area contributed by atoms with E-state index in [9.17, 15) is 14.4 Å². The van der Waals surface area contributed by atoms with E-state index in [2.05, 4.69) is 10.1 Å². The molecule has 0 spiro atoms. The molecule has 2 aromatic heterocycles. The van der Waals surface area contributed by atoms with Crippen molar-refractivity contribution in [2.75, 3.05) is 13.1 Å². The second-order valence-electron chi connectivity index (χ2n) is 6.11. The molecule has 24 heavy (non-hydrogen) atoms. The van der Waals surface area contributed by atoms with Gasteiger partial charge in [0.15, 0.2) is 0 Å². The summed E-state index contributed by atoms with van der Waals surface area (Å²) in [7, 11) is 0. The van der Waals surface area contributed by atoms with Crippen molar-refractivity contribution in [2.24, 2.45) is 5.92 Å². The number of hydrogen-bond acceptors (Lipinski definition) is 4. The lowest BCUT2D eigenvalue weighted by atomic mass is 9.96. The molecule has 0 atom stereocenters. The maximum Gasteiger partial charge on any atom is 0.328 e. The number of aryl methyl sites for hydroxylation is 1. The van der Waals surface area contributed by atoms with E-state index in [1.54, 1.807) is 6.20 Å². The topological polar surface area (TPSA) is 93.0 Å². The summed E-state index contributed by atoms with van der Waals surface area (Å²) in [5.74, 6) is 0.585. The van der Waals surface area contributed by atoms with Crippen LogP contribution in [0.4, 0.5) is 0 Å². The molecule has 0 saturated carbocycles. The van der Waals surface area contributed by atoms with Crippen molar-refractivity contribution in [3.05, 3.63) is 51.6 Å². The molecule has 1 aliphatic rings. The lowest BCUT2D eigenvalue weighted by Crippen LogP contribution is -2.40. The SMILES string of the molecule is O=C(CCn1ccc(=O)[nH]c1=O)N1CCC(Cn2cccn2)CC1. The maximum absolute atomic E-state index is 12.3. The van der Waals surface area contributed by atoms with Gasteiger partial charge in [-0.15, -0.1) is 0 Å². The van der Waals surface area contributed by atoms with Crippen molar-refractivity contribution in [3.8, 4) is 0 Å². The van der Waals surface area contributed by atoms with Gasteiger partial charge in [0.1, 0.15) is 0 Å². The van der Waals surface area contributed by atoms with Crippen LogP contribution in [-0.4, -0.2) is 43.2 Å². The third kappa shape index (κ3) is 4.01. The molecule has 1 fully saturated rings. The zero-order chi connectivity index (χ0) is 16.9. The monoisotopic (exact) mass is 331 g/mol. The van der Waals surface area contributed by atoms with Crippen molar-refractivity contribution < 1.29 is 4.79 Å². The van der Waals surface area contributed by atoms with E-state index in [-0.39, 0.29) is 18.9 Å². The van der Waals surface area contributed by atoms with Crippen LogP contribution in [-0.2, 0) is 17.9 Å². The number of amides is 1. The molecule has 0 bridgehead atoms. The van der Waals surface area contributed by atoms with E-state index in [0.29, 0.717) is 5.92 Å². The van der Waals surface area contributed by atoms with E-state index in [1.165, 1.54) is 16.8 Å². The molecular weight excluding hydrogens is 310 g/mol. The lowest BCUT2D eigenvalue weighted by molar-refractivity contribution is -0.132. The van der Waals surface area contributed by atoms with E-state index >= 15 is 0 Å². The second-order valence-corrected chi connectivity index (χ2v) is 6.11. The summed E-state index contributed by atoms with van der Waals surface area (Å²) in [5.41, 5.74) is -0.907. The van der Waals surface area contributed by atoms with Crippen LogP contribution in [0.3, 0.4) is 0 Å². The molecule has 1 aliphatic heterocycles. The number of piperidine rings is 1. The highest BCUT2D eigenvalue weighted by Crippen LogP contribution is 2.19. The highest BCUT2D eigenvalue weighted by Gasteiger charge is 2.22. The Hall–Kier alpha value is -2.64. The molecule has 0 aromatic carbocycles. The zero-order valence-electron chi connectivity index (χ0n) is 13.4. The number of carbonyl (C=O) groups excluding carboxylic acids is 1. The van der Waals surface area contributed by atoms with E-state index < -0.39 is 11.2 Å². The standard InChI is InChI=1S/C16H21N5O3/c22-14-4-10-20(16(24)18-14)11-5-15(23)19-8-2-13(3-9-19)12-21-7-1-6-17-21/h1,4,6-7,10,13H,2-3,5,8-9,11-12H2,(H,18,22,24). The first-order valence-electron chi connectivity index (χ1n) is 8.17. The average molecular weight is 331 g/mol. The Balaban J connectivity index is 1.46. The summed E-state index contributed by atoms with van der Waals surface area (Å²) in [6.45, 7) is 2.65. The fraction of sp³-hybridized carbons (Fsp3) is 0.500. The lowest BCUT2D eigenvalue weighted by Gasteiger charge is -2.32. The molecule has 1 saturated heterocycles. The van der Waals surface area contributed by atoms with Crippen LogP contribution in [0.1, 0.15) is 19.3 Å². The highest BCUT2D eigenvalue weighted by atomic mass is 16.2. The molecule has 2 aromatic rings. The van der Waals surface area contributed by atoms with Gasteiger partial charge in [-0.05, 0) is 24.8 Å². The van der Waals surface area contributed by atoms with Crippen molar-refractivity contribution in [1.29, 1.82) is 0 Å². The van der Waals surface area contributed by atoms with Gasteiger partial charge >= 0.3 is 5.69 Å². The molecule has 0 radical (unpaired) electrons. The number of hydrogen-bond donors (Lipinski definition) is 1. The fourth-order valence-electron chi connectivity index (χ4n) is 3.03. The predicted octanol–water partition coefficient (Wildman–Crippen LogP) is 0.0620. The van der Waals surface area contributed by atoms with E-state index in [1.807, 2.05) is 21.8 Å². The van der Waals surface area contributed by atoms with Gasteiger partial charge in [0.25, 0.3) is 5.56 Å². The number of aromatic nitrogens is 4. The van der Waals surface area contributed by atoms with Crippen molar-refractivity contribution in [3.63, 3.8) is 0 Å². The summed E-state index contributed by atoms with van der Waals surface area (Å²) in [4.78, 5) is 39.0. The number of carbonyl (C=O) groups is 1. The number of nitrogens with one attached hydrogen (secondary N) is 1. The number of nitrogens with zero attached hydrogens (tertiary/aromatic N) is 4. The molecular formula is C16H21N5O3. The molecule has 0 aliphatic carbocycles. The average Bonchev–Trinajstić information content (AvgIpc) is 3.07. The largest absolute Gasteiger partial charge is 0.343 e. The minimum atomic E-state index is -0.478. The first-order chi connectivity index (χ1) is 11.6. The number of likely N-dealkylation sites (tertiary alicyclic amines) is 1. The van der Waals surface area contributed by atoms with Gasteiger partial charge in [0.2, 0.25) is 5.91 Å². The van der Waals surface area contributed by atoms with Gasteiger partial charge in [0, 0.05) is 57.3 Å². The maximum atomic E-state index is 12.3. The molecule has 3 rings (SSSR count). The quantitative estimate of drug-likeness (QED) is 0.838. The molecule has 0 unspecified atom stereocenters. The van der Waals surface area contributed by atoms with Crippen LogP contribution in [0.2, 0.25) is 0 Å². The fourth-order valence-corrected chi connectivity index (χ4v) is 3.03. The Morgan fingerprint density at radius 3 is 2.71 bits per heavy atom. The molecule has 128 valence electrons. The Kier molecular flexibility index (Phi) is 4.93. The van der Waals surface area contributed by atoms with Crippen molar-refractivity contribution >= 4 is 5.91 Å². The first kappa shape index (κ1) is 16.2. The minimum absolute atomic E-state index is 0.0469. The summed E-state index contributed by atoms with van der Waals surface area (Å²) in [6.07, 6.45) is 7.34. The van der Waals surface area contributed by atoms with Gasteiger partial charge in [-0.3, -0.25) is 19.3 Å². The summed E-state index contributed by atoms with van der Waals surface area (Å²) >= 11 is 0. The molecule has 1 N–H and O–H groups in total. The van der Waals surface area contributed by atoms with Crippen LogP contribution in [0.5, 0.6) is 0 Å². The van der Waals surface area contributed by atoms with E-state index in [4.69, 9.17) is 0 Å². The number of H-pyrrole nitrogens is 1. The predicted molar refractivity (Wildman–Crippen MR) is 87.5 cm³/mol. The first-order valence-corrected chi connectivity index (χ1v) is 8.17. The third-order valence-corrected chi connectivity index (χ3v) is 4.44. The van der Waals surface area contributed by atoms with E-state index in [0.717, 1.165) is 32.5 Å². The van der Waals surface area contributed by atoms with Gasteiger partial charge in [-0.25, -0.2) is 4.79 Å². The Morgan fingerprint density at radius 2 is 2.04 bits per heavy atom. The van der Waals surface area contributed by atoms with Crippen LogP contribution in [0.25, 0.3) is 0 Å². The van der Waals surface area contributed by atoms with Gasteiger partial charge < -0.3 is 9.47 Å². The Labute approximate surface area is 138 Å². The third-order valence-electron chi connectivity index (χ3n) is 4.44. The highest BCUT2D eigenvalue weighted by molar-refractivity contribution is 5.76. The Morgan fingerprint density at radius 1 is 1.25 bits per heavy atom. The van der Waals surface area contributed by atoms with Crippen LogP contribution >= 0.6 is 0 Å². The summed E-state index contributed by atoms with van der Waals surface area (Å²) in [6, 6.07) is 3.20. The van der Waals surface area contributed by atoms with Gasteiger partial charge in [0.05, 0.1) is 0 Å².